The van der Waals surface area contributed by atoms with Crippen molar-refractivity contribution >= 4 is 11.8 Å². The van der Waals surface area contributed by atoms with Crippen LogP contribution in [0.4, 0.5) is 0 Å². The molecular formula is C19H26N6O2. The number of hydrogen-bond donors (Lipinski definition) is 0. The first-order chi connectivity index (χ1) is 13.1. The Hall–Kier alpha value is -2.64. The molecule has 1 saturated heterocycles. The number of hydrogen-bond acceptors (Lipinski definition) is 4. The molecule has 0 N–H and O–H groups in total. The predicted octanol–water partition coefficient (Wildman–Crippen LogP) is 1.50. The van der Waals surface area contributed by atoms with Crippen molar-refractivity contribution in [3.63, 3.8) is 0 Å². The van der Waals surface area contributed by atoms with Crippen LogP contribution >= 0.6 is 0 Å². The van der Waals surface area contributed by atoms with Gasteiger partial charge in [-0.2, -0.15) is 5.10 Å². The first kappa shape index (κ1) is 17.8. The van der Waals surface area contributed by atoms with Gasteiger partial charge >= 0.3 is 0 Å². The summed E-state index contributed by atoms with van der Waals surface area (Å²) in [5.74, 6) is 0.235. The lowest BCUT2D eigenvalue weighted by Gasteiger charge is -2.32. The lowest BCUT2D eigenvalue weighted by molar-refractivity contribution is 0.0694. The van der Waals surface area contributed by atoms with E-state index in [2.05, 4.69) is 4.98 Å². The second kappa shape index (κ2) is 7.17. The third-order valence-corrected chi connectivity index (χ3v) is 5.65. The highest BCUT2D eigenvalue weighted by Gasteiger charge is 2.30. The maximum Gasteiger partial charge on any atom is 0.272 e. The fourth-order valence-corrected chi connectivity index (χ4v) is 4.08. The highest BCUT2D eigenvalue weighted by atomic mass is 16.2. The van der Waals surface area contributed by atoms with E-state index in [1.54, 1.807) is 17.1 Å². The van der Waals surface area contributed by atoms with Crippen LogP contribution in [0.2, 0.25) is 0 Å². The fourth-order valence-electron chi connectivity index (χ4n) is 4.08. The lowest BCUT2D eigenvalue weighted by Crippen LogP contribution is -2.40. The van der Waals surface area contributed by atoms with Gasteiger partial charge < -0.3 is 14.4 Å². The monoisotopic (exact) mass is 370 g/mol. The summed E-state index contributed by atoms with van der Waals surface area (Å²) in [4.78, 5) is 33.3. The van der Waals surface area contributed by atoms with Gasteiger partial charge in [0.15, 0.2) is 0 Å². The number of amides is 2. The Morgan fingerprint density at radius 2 is 2.11 bits per heavy atom. The Labute approximate surface area is 158 Å². The van der Waals surface area contributed by atoms with Gasteiger partial charge in [-0.1, -0.05) is 0 Å². The Bertz CT molecular complexity index is 854. The van der Waals surface area contributed by atoms with E-state index < -0.39 is 0 Å². The van der Waals surface area contributed by atoms with Crippen molar-refractivity contribution in [2.75, 3.05) is 26.2 Å². The van der Waals surface area contributed by atoms with Crippen molar-refractivity contribution in [3.05, 3.63) is 35.7 Å². The first-order valence-electron chi connectivity index (χ1n) is 9.71. The Morgan fingerprint density at radius 3 is 2.85 bits per heavy atom. The minimum atomic E-state index is 0.00806. The van der Waals surface area contributed by atoms with Crippen LogP contribution in [0.3, 0.4) is 0 Å². The zero-order valence-corrected chi connectivity index (χ0v) is 16.0. The van der Waals surface area contributed by atoms with E-state index in [9.17, 15) is 9.59 Å². The topological polar surface area (TPSA) is 76.3 Å². The van der Waals surface area contributed by atoms with Crippen molar-refractivity contribution in [2.45, 2.75) is 38.6 Å². The molecule has 1 fully saturated rings. The standard InChI is InChI=1S/C19H26N6O2/c1-3-23-8-5-9-25-16(18(23)26)10-15(21-25)14-6-4-7-24(12-14)19(27)17-11-20-13-22(17)2/h10-11,13-14H,3-9,12H2,1-2H3. The van der Waals surface area contributed by atoms with E-state index in [4.69, 9.17) is 5.10 Å². The summed E-state index contributed by atoms with van der Waals surface area (Å²) in [7, 11) is 1.83. The molecule has 4 heterocycles. The number of rotatable bonds is 3. The highest BCUT2D eigenvalue weighted by molar-refractivity contribution is 5.93. The molecule has 2 aromatic heterocycles. The number of likely N-dealkylation sites (tertiary alicyclic amines) is 1. The average molecular weight is 370 g/mol. The van der Waals surface area contributed by atoms with E-state index in [0.29, 0.717) is 17.9 Å². The molecule has 0 saturated carbocycles. The number of aryl methyl sites for hydroxylation is 2. The van der Waals surface area contributed by atoms with Crippen molar-refractivity contribution in [2.24, 2.45) is 7.05 Å². The Morgan fingerprint density at radius 1 is 1.26 bits per heavy atom. The van der Waals surface area contributed by atoms with Gasteiger partial charge in [0.25, 0.3) is 11.8 Å². The molecule has 27 heavy (non-hydrogen) atoms. The molecular weight excluding hydrogens is 344 g/mol. The van der Waals surface area contributed by atoms with Crippen LogP contribution < -0.4 is 0 Å². The van der Waals surface area contributed by atoms with Crippen LogP contribution in [0, 0.1) is 0 Å². The molecule has 2 aromatic rings. The Balaban J connectivity index is 1.54. The van der Waals surface area contributed by atoms with E-state index in [1.165, 1.54) is 0 Å². The normalized spacial score (nSPS) is 20.5. The Kier molecular flexibility index (Phi) is 4.72. The molecule has 0 bridgehead atoms. The molecule has 2 aliphatic heterocycles. The van der Waals surface area contributed by atoms with E-state index in [1.807, 2.05) is 34.5 Å². The van der Waals surface area contributed by atoms with Gasteiger partial charge in [-0.25, -0.2) is 4.98 Å². The summed E-state index contributed by atoms with van der Waals surface area (Å²) in [5.41, 5.74) is 2.21. The highest BCUT2D eigenvalue weighted by Crippen LogP contribution is 2.28. The number of fused-ring (bicyclic) bond motifs is 1. The van der Waals surface area contributed by atoms with Crippen LogP contribution in [0.5, 0.6) is 0 Å². The molecule has 8 nitrogen and oxygen atoms in total. The largest absolute Gasteiger partial charge is 0.338 e. The third-order valence-electron chi connectivity index (χ3n) is 5.65. The van der Waals surface area contributed by atoms with Crippen LogP contribution in [0.25, 0.3) is 0 Å². The summed E-state index contributed by atoms with van der Waals surface area (Å²) in [6.07, 6.45) is 6.10. The maximum absolute atomic E-state index is 12.8. The van der Waals surface area contributed by atoms with Gasteiger partial charge in [0.2, 0.25) is 0 Å². The molecule has 8 heteroatoms. The summed E-state index contributed by atoms with van der Waals surface area (Å²) in [5, 5.41) is 4.74. The van der Waals surface area contributed by atoms with E-state index >= 15 is 0 Å². The second-order valence-corrected chi connectivity index (χ2v) is 7.40. The lowest BCUT2D eigenvalue weighted by atomic mass is 9.94. The molecule has 0 spiro atoms. The smallest absolute Gasteiger partial charge is 0.272 e. The van der Waals surface area contributed by atoms with Crippen molar-refractivity contribution in [1.82, 2.24) is 29.1 Å². The van der Waals surface area contributed by atoms with Crippen molar-refractivity contribution < 1.29 is 9.59 Å². The molecule has 2 aliphatic rings. The van der Waals surface area contributed by atoms with Crippen molar-refractivity contribution in [3.8, 4) is 0 Å². The molecule has 0 aromatic carbocycles. The minimum absolute atomic E-state index is 0.00806. The predicted molar refractivity (Wildman–Crippen MR) is 99.5 cm³/mol. The zero-order chi connectivity index (χ0) is 19.0. The van der Waals surface area contributed by atoms with Crippen molar-refractivity contribution in [1.29, 1.82) is 0 Å². The molecule has 4 rings (SSSR count). The first-order valence-corrected chi connectivity index (χ1v) is 9.71. The van der Waals surface area contributed by atoms with Crippen LogP contribution in [0.15, 0.2) is 18.6 Å². The fraction of sp³-hybridized carbons (Fsp3) is 0.579. The summed E-state index contributed by atoms with van der Waals surface area (Å²) >= 11 is 0. The molecule has 0 aliphatic carbocycles. The number of carbonyl (C=O) groups excluding carboxylic acids is 2. The molecule has 2 amide bonds. The minimum Gasteiger partial charge on any atom is -0.338 e. The summed E-state index contributed by atoms with van der Waals surface area (Å²) in [6, 6.07) is 1.94. The molecule has 144 valence electrons. The zero-order valence-electron chi connectivity index (χ0n) is 16.0. The van der Waals surface area contributed by atoms with E-state index in [0.717, 1.165) is 51.1 Å². The number of imidazole rings is 1. The molecule has 1 atom stereocenters. The quantitative estimate of drug-likeness (QED) is 0.821. The van der Waals surface area contributed by atoms with Gasteiger partial charge in [-0.05, 0) is 32.3 Å². The van der Waals surface area contributed by atoms with Gasteiger partial charge in [-0.15, -0.1) is 0 Å². The number of aromatic nitrogens is 4. The molecule has 1 unspecified atom stereocenters. The average Bonchev–Trinajstić information content (AvgIpc) is 3.27. The van der Waals surface area contributed by atoms with Crippen LogP contribution in [-0.2, 0) is 13.6 Å². The van der Waals surface area contributed by atoms with Gasteiger partial charge in [-0.3, -0.25) is 14.3 Å². The molecule has 0 radical (unpaired) electrons. The van der Waals surface area contributed by atoms with Gasteiger partial charge in [0.1, 0.15) is 11.4 Å². The number of nitrogens with zero attached hydrogens (tertiary/aromatic N) is 6. The van der Waals surface area contributed by atoms with Crippen LogP contribution in [0.1, 0.15) is 58.8 Å². The van der Waals surface area contributed by atoms with Gasteiger partial charge in [0.05, 0.1) is 18.2 Å². The number of piperidine rings is 1. The van der Waals surface area contributed by atoms with E-state index in [-0.39, 0.29) is 17.7 Å². The second-order valence-electron chi connectivity index (χ2n) is 7.40. The number of carbonyl (C=O) groups is 2. The summed E-state index contributed by atoms with van der Waals surface area (Å²) < 4.78 is 3.61. The maximum atomic E-state index is 12.8. The summed E-state index contributed by atoms with van der Waals surface area (Å²) in [6.45, 7) is 5.65. The third kappa shape index (κ3) is 3.24. The SMILES string of the molecule is CCN1CCCn2nc(C3CCCN(C(=O)c4cncn4C)C3)cc2C1=O. The van der Waals surface area contributed by atoms with Crippen LogP contribution in [-0.4, -0.2) is 67.1 Å². The van der Waals surface area contributed by atoms with Gasteiger partial charge in [0, 0.05) is 45.7 Å².